The van der Waals surface area contributed by atoms with Gasteiger partial charge in [-0.05, 0) is 75.8 Å². The maximum atomic E-state index is 4.83. The lowest BCUT2D eigenvalue weighted by Gasteiger charge is -2.12. The third kappa shape index (κ3) is 4.03. The van der Waals surface area contributed by atoms with Gasteiger partial charge in [0.2, 0.25) is 0 Å². The smallest absolute Gasteiger partial charge is 0.0639 e. The predicted molar refractivity (Wildman–Crippen MR) is 189 cm³/mol. The van der Waals surface area contributed by atoms with Gasteiger partial charge < -0.3 is 0 Å². The van der Waals surface area contributed by atoms with Crippen molar-refractivity contribution in [3.8, 4) is 0 Å². The minimum absolute atomic E-state index is 0.647. The molecular formula is C42H28N2. The van der Waals surface area contributed by atoms with E-state index in [1.807, 2.05) is 12.4 Å². The summed E-state index contributed by atoms with van der Waals surface area (Å²) in [7, 11) is 0. The SMILES string of the molecule is C(=NCc1ccc(CN=Cc2ccc3ccc4cccc5ccc2c3c45)cc1)c1ccc2ccc3cccc4ccc1c2c34. The molecule has 2 heteroatoms. The Morgan fingerprint density at radius 3 is 1.09 bits per heavy atom. The molecule has 0 atom stereocenters. The summed E-state index contributed by atoms with van der Waals surface area (Å²) >= 11 is 0. The van der Waals surface area contributed by atoms with Crippen molar-refractivity contribution in [2.45, 2.75) is 13.1 Å². The number of aliphatic imine (C=N–C) groups is 2. The van der Waals surface area contributed by atoms with Crippen LogP contribution in [0, 0.1) is 0 Å². The molecule has 0 aliphatic heterocycles. The largest absolute Gasteiger partial charge is 0.288 e. The second-order valence-corrected chi connectivity index (χ2v) is 11.8. The molecule has 0 unspecified atom stereocenters. The van der Waals surface area contributed by atoms with Crippen molar-refractivity contribution in [2.24, 2.45) is 9.98 Å². The molecule has 0 N–H and O–H groups in total. The standard InChI is InChI=1S/C42H28N2/c1-3-29-11-13-33-15-17-35(37-21-19-31(5-1)39(29)41(33)37)25-43-23-27-7-9-28(10-8-27)24-44-26-36-18-16-34-14-12-30-4-2-6-32-20-22-38(36)42(34)40(30)32/h1-22,25-26H,23-24H2. The quantitative estimate of drug-likeness (QED) is 0.143. The lowest BCUT2D eigenvalue weighted by molar-refractivity contribution is 1.04. The van der Waals surface area contributed by atoms with Crippen LogP contribution in [-0.4, -0.2) is 12.4 Å². The van der Waals surface area contributed by atoms with Gasteiger partial charge in [0.25, 0.3) is 0 Å². The normalized spacial score (nSPS) is 12.5. The van der Waals surface area contributed by atoms with Gasteiger partial charge in [-0.1, -0.05) is 133 Å². The summed E-state index contributed by atoms with van der Waals surface area (Å²) in [5.74, 6) is 0. The third-order valence-corrected chi connectivity index (χ3v) is 9.16. The van der Waals surface area contributed by atoms with E-state index in [1.54, 1.807) is 0 Å². The van der Waals surface area contributed by atoms with E-state index in [1.165, 1.54) is 75.8 Å². The molecule has 0 saturated heterocycles. The molecule has 0 aromatic heterocycles. The van der Waals surface area contributed by atoms with Crippen molar-refractivity contribution in [3.63, 3.8) is 0 Å². The number of hydrogen-bond donors (Lipinski definition) is 0. The zero-order valence-electron chi connectivity index (χ0n) is 24.2. The van der Waals surface area contributed by atoms with Gasteiger partial charge >= 0.3 is 0 Å². The first-order valence-electron chi connectivity index (χ1n) is 15.2. The average molecular weight is 561 g/mol. The summed E-state index contributed by atoms with van der Waals surface area (Å²) in [5.41, 5.74) is 4.71. The minimum atomic E-state index is 0.647. The first-order chi connectivity index (χ1) is 21.8. The van der Waals surface area contributed by atoms with Crippen LogP contribution in [0.15, 0.2) is 143 Å². The second-order valence-electron chi connectivity index (χ2n) is 11.8. The summed E-state index contributed by atoms with van der Waals surface area (Å²) in [6.07, 6.45) is 4.06. The molecule has 2 nitrogen and oxygen atoms in total. The van der Waals surface area contributed by atoms with Crippen molar-refractivity contribution in [3.05, 3.63) is 156 Å². The maximum Gasteiger partial charge on any atom is 0.0639 e. The molecule has 0 heterocycles. The van der Waals surface area contributed by atoms with Gasteiger partial charge in [0.1, 0.15) is 0 Å². The first kappa shape index (κ1) is 24.9. The summed E-state index contributed by atoms with van der Waals surface area (Å²) in [6, 6.07) is 48.4. The third-order valence-electron chi connectivity index (χ3n) is 9.16. The summed E-state index contributed by atoms with van der Waals surface area (Å²) in [5, 5.41) is 15.6. The van der Waals surface area contributed by atoms with E-state index in [0.29, 0.717) is 13.1 Å². The van der Waals surface area contributed by atoms with Gasteiger partial charge in [0.05, 0.1) is 13.1 Å². The molecule has 44 heavy (non-hydrogen) atoms. The molecule has 0 spiro atoms. The molecule has 0 fully saturated rings. The average Bonchev–Trinajstić information content (AvgIpc) is 3.08. The fourth-order valence-corrected chi connectivity index (χ4v) is 6.99. The zero-order valence-corrected chi connectivity index (χ0v) is 24.2. The van der Waals surface area contributed by atoms with E-state index in [4.69, 9.17) is 9.98 Å². The molecule has 0 aliphatic rings. The van der Waals surface area contributed by atoms with Gasteiger partial charge in [0, 0.05) is 23.6 Å². The molecule has 0 bridgehead atoms. The molecular weight excluding hydrogens is 532 g/mol. The Balaban J connectivity index is 0.928. The fraction of sp³-hybridized carbons (Fsp3) is 0.0476. The summed E-state index contributed by atoms with van der Waals surface area (Å²) in [4.78, 5) is 9.67. The van der Waals surface area contributed by atoms with E-state index in [-0.39, 0.29) is 0 Å². The van der Waals surface area contributed by atoms with E-state index in [2.05, 4.69) is 133 Å². The van der Waals surface area contributed by atoms with Gasteiger partial charge in [0.15, 0.2) is 0 Å². The molecule has 0 amide bonds. The lowest BCUT2D eigenvalue weighted by atomic mass is 9.92. The number of benzene rings is 9. The Bertz CT molecular complexity index is 2330. The van der Waals surface area contributed by atoms with Crippen LogP contribution in [0.5, 0.6) is 0 Å². The molecule has 9 aromatic rings. The minimum Gasteiger partial charge on any atom is -0.288 e. The number of hydrogen-bond acceptors (Lipinski definition) is 2. The van der Waals surface area contributed by atoms with Crippen LogP contribution in [-0.2, 0) is 13.1 Å². The number of nitrogens with zero attached hydrogens (tertiary/aromatic N) is 2. The van der Waals surface area contributed by atoms with Gasteiger partial charge in [-0.25, -0.2) is 0 Å². The van der Waals surface area contributed by atoms with Gasteiger partial charge in [-0.2, -0.15) is 0 Å². The van der Waals surface area contributed by atoms with Crippen molar-refractivity contribution in [1.82, 2.24) is 0 Å². The van der Waals surface area contributed by atoms with E-state index >= 15 is 0 Å². The van der Waals surface area contributed by atoms with Crippen LogP contribution in [0.25, 0.3) is 64.6 Å². The Morgan fingerprint density at radius 2 is 0.682 bits per heavy atom. The Hall–Kier alpha value is -5.60. The van der Waals surface area contributed by atoms with Crippen LogP contribution in [0.2, 0.25) is 0 Å². The Morgan fingerprint density at radius 1 is 0.341 bits per heavy atom. The highest BCUT2D eigenvalue weighted by molar-refractivity contribution is 6.26. The first-order valence-corrected chi connectivity index (χ1v) is 15.2. The maximum absolute atomic E-state index is 4.83. The van der Waals surface area contributed by atoms with Crippen LogP contribution >= 0.6 is 0 Å². The molecule has 9 rings (SSSR count). The van der Waals surface area contributed by atoms with Crippen molar-refractivity contribution < 1.29 is 0 Å². The van der Waals surface area contributed by atoms with Crippen LogP contribution in [0.1, 0.15) is 22.3 Å². The summed E-state index contributed by atoms with van der Waals surface area (Å²) < 4.78 is 0. The monoisotopic (exact) mass is 560 g/mol. The van der Waals surface area contributed by atoms with Crippen LogP contribution < -0.4 is 0 Å². The molecule has 0 saturated carbocycles. The van der Waals surface area contributed by atoms with E-state index in [9.17, 15) is 0 Å². The molecule has 0 aliphatic carbocycles. The van der Waals surface area contributed by atoms with Crippen molar-refractivity contribution in [1.29, 1.82) is 0 Å². The second kappa shape index (κ2) is 10.00. The molecule has 9 aromatic carbocycles. The molecule has 0 radical (unpaired) electrons. The number of rotatable bonds is 6. The van der Waals surface area contributed by atoms with Crippen molar-refractivity contribution >= 4 is 77.1 Å². The Labute approximate surface area is 255 Å². The topological polar surface area (TPSA) is 24.7 Å². The van der Waals surface area contributed by atoms with Crippen molar-refractivity contribution in [2.75, 3.05) is 0 Å². The predicted octanol–water partition coefficient (Wildman–Crippen LogP) is 10.7. The Kier molecular flexibility index (Phi) is 5.67. The zero-order chi connectivity index (χ0) is 29.0. The van der Waals surface area contributed by atoms with Crippen LogP contribution in [0.4, 0.5) is 0 Å². The fourth-order valence-electron chi connectivity index (χ4n) is 6.99. The highest BCUT2D eigenvalue weighted by Crippen LogP contribution is 2.37. The van der Waals surface area contributed by atoms with Crippen LogP contribution in [0.3, 0.4) is 0 Å². The highest BCUT2D eigenvalue weighted by Gasteiger charge is 2.11. The summed E-state index contributed by atoms with van der Waals surface area (Å²) in [6.45, 7) is 1.29. The van der Waals surface area contributed by atoms with E-state index in [0.717, 1.165) is 11.1 Å². The van der Waals surface area contributed by atoms with E-state index < -0.39 is 0 Å². The van der Waals surface area contributed by atoms with Gasteiger partial charge in [-0.15, -0.1) is 0 Å². The highest BCUT2D eigenvalue weighted by atomic mass is 14.7. The molecule has 206 valence electrons. The van der Waals surface area contributed by atoms with Gasteiger partial charge in [-0.3, -0.25) is 9.98 Å². The lowest BCUT2D eigenvalue weighted by Crippen LogP contribution is -1.91.